The van der Waals surface area contributed by atoms with Gasteiger partial charge in [-0.25, -0.2) is 0 Å². The lowest BCUT2D eigenvalue weighted by Crippen LogP contribution is -2.30. The van der Waals surface area contributed by atoms with Gasteiger partial charge in [-0.2, -0.15) is 0 Å². The van der Waals surface area contributed by atoms with Crippen LogP contribution in [-0.4, -0.2) is 24.1 Å². The van der Waals surface area contributed by atoms with Crippen molar-refractivity contribution in [2.24, 2.45) is 5.41 Å². The van der Waals surface area contributed by atoms with Gasteiger partial charge >= 0.3 is 11.9 Å². The second kappa shape index (κ2) is 5.34. The van der Waals surface area contributed by atoms with Gasteiger partial charge in [0.05, 0.1) is 5.41 Å². The van der Waals surface area contributed by atoms with Gasteiger partial charge in [-0.15, -0.1) is 0 Å². The minimum Gasteiger partial charge on any atom is -0.458 e. The first kappa shape index (κ1) is 13.7. The molecular formula is C13H20O4. The largest absolute Gasteiger partial charge is 0.458 e. The van der Waals surface area contributed by atoms with Crippen molar-refractivity contribution in [3.05, 3.63) is 12.2 Å². The van der Waals surface area contributed by atoms with Gasteiger partial charge in [-0.1, -0.05) is 0 Å². The summed E-state index contributed by atoms with van der Waals surface area (Å²) in [6.45, 7) is 6.86. The minimum atomic E-state index is -0.486. The highest BCUT2D eigenvalue weighted by molar-refractivity contribution is 5.75. The van der Waals surface area contributed by atoms with Crippen LogP contribution in [-0.2, 0) is 19.1 Å². The Kier molecular flexibility index (Phi) is 4.32. The highest BCUT2D eigenvalue weighted by Crippen LogP contribution is 2.22. The van der Waals surface area contributed by atoms with Gasteiger partial charge in [-0.3, -0.25) is 9.59 Å². The predicted molar refractivity (Wildman–Crippen MR) is 63.3 cm³/mol. The number of ether oxygens (including phenoxy) is 2. The standard InChI is InChI=1S/C13H20O4/c1-9(14)16-10-5-7-11(8-6-10)17-12(15)13(2,3)4/h5,7,10-11H,6,8H2,1-4H3/t10-,11+/m1/s1. The highest BCUT2D eigenvalue weighted by Gasteiger charge is 2.27. The summed E-state index contributed by atoms with van der Waals surface area (Å²) in [5.74, 6) is -0.497. The summed E-state index contributed by atoms with van der Waals surface area (Å²) in [6.07, 6.45) is 4.58. The Bertz CT molecular complexity index is 325. The third-order valence-electron chi connectivity index (χ3n) is 2.46. The number of hydrogen-bond acceptors (Lipinski definition) is 4. The molecule has 0 aromatic heterocycles. The summed E-state index contributed by atoms with van der Waals surface area (Å²) < 4.78 is 10.4. The molecule has 1 aliphatic carbocycles. The van der Waals surface area contributed by atoms with Gasteiger partial charge < -0.3 is 9.47 Å². The molecule has 4 heteroatoms. The van der Waals surface area contributed by atoms with E-state index in [0.29, 0.717) is 12.8 Å². The molecule has 0 bridgehead atoms. The zero-order valence-electron chi connectivity index (χ0n) is 10.9. The summed E-state index contributed by atoms with van der Waals surface area (Å²) >= 11 is 0. The van der Waals surface area contributed by atoms with E-state index in [2.05, 4.69) is 0 Å². The molecule has 0 heterocycles. The van der Waals surface area contributed by atoms with E-state index < -0.39 is 5.41 Å². The summed E-state index contributed by atoms with van der Waals surface area (Å²) in [4.78, 5) is 22.4. The second-order valence-electron chi connectivity index (χ2n) is 5.30. The fourth-order valence-electron chi connectivity index (χ4n) is 1.49. The lowest BCUT2D eigenvalue weighted by molar-refractivity contribution is -0.158. The Hall–Kier alpha value is -1.32. The van der Waals surface area contributed by atoms with E-state index in [1.807, 2.05) is 20.8 Å². The van der Waals surface area contributed by atoms with Crippen molar-refractivity contribution in [2.75, 3.05) is 0 Å². The molecule has 17 heavy (non-hydrogen) atoms. The minimum absolute atomic E-state index is 0.183. The molecule has 1 aliphatic rings. The fourth-order valence-corrected chi connectivity index (χ4v) is 1.49. The number of esters is 2. The Morgan fingerprint density at radius 1 is 1.06 bits per heavy atom. The molecule has 0 N–H and O–H groups in total. The van der Waals surface area contributed by atoms with Crippen LogP contribution in [0.1, 0.15) is 40.5 Å². The molecule has 1 rings (SSSR count). The number of hydrogen-bond donors (Lipinski definition) is 0. The molecule has 0 aromatic carbocycles. The summed E-state index contributed by atoms with van der Waals surface area (Å²) in [5, 5.41) is 0. The van der Waals surface area contributed by atoms with Gasteiger partial charge in [0.25, 0.3) is 0 Å². The number of rotatable bonds is 2. The number of carbonyl (C=O) groups excluding carboxylic acids is 2. The van der Waals surface area contributed by atoms with E-state index in [0.717, 1.165) is 0 Å². The van der Waals surface area contributed by atoms with Crippen LogP contribution in [0.4, 0.5) is 0 Å². The summed E-state index contributed by atoms with van der Waals surface area (Å²) in [7, 11) is 0. The highest BCUT2D eigenvalue weighted by atomic mass is 16.6. The van der Waals surface area contributed by atoms with Crippen LogP contribution < -0.4 is 0 Å². The van der Waals surface area contributed by atoms with Gasteiger partial charge in [0.15, 0.2) is 0 Å². The van der Waals surface area contributed by atoms with Crippen LogP contribution >= 0.6 is 0 Å². The summed E-state index contributed by atoms with van der Waals surface area (Å²) in [5.41, 5.74) is -0.486. The van der Waals surface area contributed by atoms with Crippen molar-refractivity contribution in [2.45, 2.75) is 52.7 Å². The van der Waals surface area contributed by atoms with Crippen LogP contribution in [0.25, 0.3) is 0 Å². The molecule has 0 spiro atoms. The quantitative estimate of drug-likeness (QED) is 0.548. The topological polar surface area (TPSA) is 52.6 Å². The van der Waals surface area contributed by atoms with Crippen molar-refractivity contribution in [1.29, 1.82) is 0 Å². The zero-order valence-corrected chi connectivity index (χ0v) is 10.9. The zero-order chi connectivity index (χ0) is 13.1. The van der Waals surface area contributed by atoms with Gasteiger partial charge in [0, 0.05) is 6.92 Å². The molecule has 0 radical (unpaired) electrons. The third kappa shape index (κ3) is 4.59. The van der Waals surface area contributed by atoms with E-state index in [4.69, 9.17) is 9.47 Å². The molecule has 0 unspecified atom stereocenters. The predicted octanol–water partition coefficient (Wildman–Crippen LogP) is 2.23. The lowest BCUT2D eigenvalue weighted by Gasteiger charge is -2.25. The Balaban J connectivity index is 2.45. The molecule has 0 amide bonds. The van der Waals surface area contributed by atoms with Crippen LogP contribution in [0.2, 0.25) is 0 Å². The van der Waals surface area contributed by atoms with E-state index >= 15 is 0 Å². The van der Waals surface area contributed by atoms with E-state index in [1.54, 1.807) is 12.2 Å². The van der Waals surface area contributed by atoms with Crippen LogP contribution in [0.5, 0.6) is 0 Å². The maximum Gasteiger partial charge on any atom is 0.311 e. The first-order valence-corrected chi connectivity index (χ1v) is 5.85. The van der Waals surface area contributed by atoms with Crippen LogP contribution in [0, 0.1) is 5.41 Å². The van der Waals surface area contributed by atoms with Crippen molar-refractivity contribution in [3.8, 4) is 0 Å². The molecule has 0 fully saturated rings. The number of carbonyl (C=O) groups is 2. The molecule has 0 aromatic rings. The molecule has 2 atom stereocenters. The van der Waals surface area contributed by atoms with Crippen LogP contribution in [0.15, 0.2) is 12.2 Å². The maximum absolute atomic E-state index is 11.7. The van der Waals surface area contributed by atoms with Gasteiger partial charge in [0.1, 0.15) is 12.2 Å². The molecule has 0 aliphatic heterocycles. The average Bonchev–Trinajstić information content (AvgIpc) is 2.18. The molecule has 96 valence electrons. The van der Waals surface area contributed by atoms with E-state index in [1.165, 1.54) is 6.92 Å². The molecule has 0 saturated carbocycles. The van der Waals surface area contributed by atoms with Crippen molar-refractivity contribution < 1.29 is 19.1 Å². The SMILES string of the molecule is CC(=O)O[C@@H]1C=C[C@H](OC(=O)C(C)(C)C)CC1. The second-order valence-corrected chi connectivity index (χ2v) is 5.30. The van der Waals surface area contributed by atoms with Crippen molar-refractivity contribution in [1.82, 2.24) is 0 Å². The lowest BCUT2D eigenvalue weighted by atomic mass is 9.96. The fraction of sp³-hybridized carbons (Fsp3) is 0.692. The Morgan fingerprint density at radius 3 is 1.88 bits per heavy atom. The molecule has 0 saturated heterocycles. The maximum atomic E-state index is 11.7. The Labute approximate surface area is 102 Å². The van der Waals surface area contributed by atoms with E-state index in [-0.39, 0.29) is 24.1 Å². The normalized spacial score (nSPS) is 24.2. The van der Waals surface area contributed by atoms with Crippen LogP contribution in [0.3, 0.4) is 0 Å². The van der Waals surface area contributed by atoms with Gasteiger partial charge in [-0.05, 0) is 45.8 Å². The Morgan fingerprint density at radius 2 is 1.53 bits per heavy atom. The van der Waals surface area contributed by atoms with Gasteiger partial charge in [0.2, 0.25) is 0 Å². The molecular weight excluding hydrogens is 220 g/mol. The monoisotopic (exact) mass is 240 g/mol. The summed E-state index contributed by atoms with van der Waals surface area (Å²) in [6, 6.07) is 0. The van der Waals surface area contributed by atoms with Crippen molar-refractivity contribution >= 4 is 11.9 Å². The first-order chi connectivity index (χ1) is 7.79. The van der Waals surface area contributed by atoms with Crippen molar-refractivity contribution in [3.63, 3.8) is 0 Å². The molecule has 4 nitrogen and oxygen atoms in total. The third-order valence-corrected chi connectivity index (χ3v) is 2.46. The van der Waals surface area contributed by atoms with E-state index in [9.17, 15) is 9.59 Å². The smallest absolute Gasteiger partial charge is 0.311 e. The first-order valence-electron chi connectivity index (χ1n) is 5.85. The average molecular weight is 240 g/mol.